The Bertz CT molecular complexity index is 221. The zero-order chi connectivity index (χ0) is 8.81. The molecule has 1 aromatic rings. The molecule has 1 aromatic carbocycles. The third kappa shape index (κ3) is 5.70. The van der Waals surface area contributed by atoms with Gasteiger partial charge in [-0.1, -0.05) is 25.5 Å². The van der Waals surface area contributed by atoms with Crippen LogP contribution in [-0.2, 0) is 0 Å². The molecule has 0 fully saturated rings. The number of unbranched alkanes of at least 4 members (excludes halogenated alkanes) is 1. The van der Waals surface area contributed by atoms with E-state index >= 15 is 0 Å². The van der Waals surface area contributed by atoms with E-state index in [1.165, 1.54) is 12.1 Å². The molecule has 0 amide bonds. The molecule has 2 nitrogen and oxygen atoms in total. The standard InChI is InChI=1S/C10H14O2.K/c1-2-3-8-12-10-6-4-9(11)5-7-10;/h4-7,11H,2-3,8H2,1H3;/q;+1/p-1. The van der Waals surface area contributed by atoms with Gasteiger partial charge in [0.1, 0.15) is 5.75 Å². The molecule has 3 heteroatoms. The summed E-state index contributed by atoms with van der Waals surface area (Å²) in [4.78, 5) is 0. The van der Waals surface area contributed by atoms with Crippen molar-refractivity contribution in [1.29, 1.82) is 0 Å². The monoisotopic (exact) mass is 204 g/mol. The summed E-state index contributed by atoms with van der Waals surface area (Å²) in [6.07, 6.45) is 2.18. The molecule has 0 saturated heterocycles. The minimum atomic E-state index is 0. The second-order valence-electron chi connectivity index (χ2n) is 2.67. The minimum Gasteiger partial charge on any atom is -0.872 e. The van der Waals surface area contributed by atoms with Crippen molar-refractivity contribution in [3.05, 3.63) is 24.3 Å². The Morgan fingerprint density at radius 1 is 1.23 bits per heavy atom. The molecule has 0 radical (unpaired) electrons. The molecule has 0 spiro atoms. The largest absolute Gasteiger partial charge is 1.00 e. The summed E-state index contributed by atoms with van der Waals surface area (Å²) in [6, 6.07) is 6.44. The maximum atomic E-state index is 10.7. The Morgan fingerprint density at radius 3 is 2.38 bits per heavy atom. The van der Waals surface area contributed by atoms with Crippen molar-refractivity contribution in [1.82, 2.24) is 0 Å². The van der Waals surface area contributed by atoms with Crippen molar-refractivity contribution in [2.75, 3.05) is 6.61 Å². The number of hydrogen-bond donors (Lipinski definition) is 0. The minimum absolute atomic E-state index is 0. The number of benzene rings is 1. The number of ether oxygens (including phenoxy) is 1. The van der Waals surface area contributed by atoms with Crippen LogP contribution >= 0.6 is 0 Å². The topological polar surface area (TPSA) is 32.3 Å². The Kier molecular flexibility index (Phi) is 8.10. The predicted octanol–water partition coefficient (Wildman–Crippen LogP) is -1.06. The van der Waals surface area contributed by atoms with Gasteiger partial charge >= 0.3 is 51.4 Å². The quantitative estimate of drug-likeness (QED) is 0.463. The molecule has 0 aliphatic rings. The maximum Gasteiger partial charge on any atom is 1.00 e. The van der Waals surface area contributed by atoms with Crippen LogP contribution in [0.25, 0.3) is 0 Å². The SMILES string of the molecule is CCCCOc1ccc([O-])cc1.[K+]. The molecule has 0 bridgehead atoms. The van der Waals surface area contributed by atoms with Gasteiger partial charge in [0.15, 0.2) is 0 Å². The van der Waals surface area contributed by atoms with Crippen molar-refractivity contribution >= 4 is 0 Å². The Balaban J connectivity index is 0.00000144. The van der Waals surface area contributed by atoms with Gasteiger partial charge in [-0.3, -0.25) is 0 Å². The van der Waals surface area contributed by atoms with Crippen molar-refractivity contribution in [2.45, 2.75) is 19.8 Å². The van der Waals surface area contributed by atoms with Crippen LogP contribution in [0.15, 0.2) is 24.3 Å². The smallest absolute Gasteiger partial charge is 0.872 e. The molecular weight excluding hydrogens is 191 g/mol. The molecule has 0 atom stereocenters. The average Bonchev–Trinajstić information content (AvgIpc) is 2.09. The summed E-state index contributed by atoms with van der Waals surface area (Å²) in [5.41, 5.74) is 0. The van der Waals surface area contributed by atoms with E-state index < -0.39 is 0 Å². The van der Waals surface area contributed by atoms with E-state index in [2.05, 4.69) is 6.92 Å². The van der Waals surface area contributed by atoms with Crippen molar-refractivity contribution in [3.63, 3.8) is 0 Å². The van der Waals surface area contributed by atoms with Crippen molar-refractivity contribution in [2.24, 2.45) is 0 Å². The predicted molar refractivity (Wildman–Crippen MR) is 46.3 cm³/mol. The van der Waals surface area contributed by atoms with Gasteiger partial charge in [-0.2, -0.15) is 0 Å². The third-order valence-electron chi connectivity index (χ3n) is 1.59. The van der Waals surface area contributed by atoms with Gasteiger partial charge < -0.3 is 9.84 Å². The Hall–Kier alpha value is 0.456. The van der Waals surface area contributed by atoms with Crippen LogP contribution in [-0.4, -0.2) is 6.61 Å². The van der Waals surface area contributed by atoms with E-state index in [9.17, 15) is 5.11 Å². The first-order valence-corrected chi connectivity index (χ1v) is 4.23. The summed E-state index contributed by atoms with van der Waals surface area (Å²) < 4.78 is 5.36. The van der Waals surface area contributed by atoms with Crippen LogP contribution in [0.5, 0.6) is 11.5 Å². The van der Waals surface area contributed by atoms with E-state index in [4.69, 9.17) is 4.74 Å². The van der Waals surface area contributed by atoms with Gasteiger partial charge in [0.2, 0.25) is 0 Å². The zero-order valence-corrected chi connectivity index (χ0v) is 11.4. The summed E-state index contributed by atoms with van der Waals surface area (Å²) in [5.74, 6) is 0.806. The molecule has 66 valence electrons. The van der Waals surface area contributed by atoms with E-state index in [-0.39, 0.29) is 57.1 Å². The van der Waals surface area contributed by atoms with Crippen LogP contribution in [0.4, 0.5) is 0 Å². The van der Waals surface area contributed by atoms with Crippen LogP contribution in [0.1, 0.15) is 19.8 Å². The molecule has 0 aliphatic carbocycles. The first kappa shape index (κ1) is 13.5. The van der Waals surface area contributed by atoms with Gasteiger partial charge in [-0.15, -0.1) is 5.75 Å². The van der Waals surface area contributed by atoms with E-state index in [1.54, 1.807) is 12.1 Å². The fourth-order valence-electron chi connectivity index (χ4n) is 0.870. The Morgan fingerprint density at radius 2 is 1.85 bits per heavy atom. The summed E-state index contributed by atoms with van der Waals surface area (Å²) in [7, 11) is 0. The van der Waals surface area contributed by atoms with E-state index in [0.717, 1.165) is 25.2 Å². The van der Waals surface area contributed by atoms with Gasteiger partial charge in [-0.05, 0) is 18.6 Å². The second-order valence-corrected chi connectivity index (χ2v) is 2.67. The van der Waals surface area contributed by atoms with Gasteiger partial charge in [0, 0.05) is 0 Å². The fourth-order valence-corrected chi connectivity index (χ4v) is 0.870. The molecule has 0 unspecified atom stereocenters. The van der Waals surface area contributed by atoms with Crippen LogP contribution in [0, 0.1) is 0 Å². The maximum absolute atomic E-state index is 10.7. The first-order chi connectivity index (χ1) is 5.83. The molecule has 1 rings (SSSR count). The molecule has 0 aromatic heterocycles. The first-order valence-electron chi connectivity index (χ1n) is 4.23. The van der Waals surface area contributed by atoms with Crippen LogP contribution in [0.3, 0.4) is 0 Å². The zero-order valence-electron chi connectivity index (χ0n) is 8.25. The normalized spacial score (nSPS) is 9.00. The summed E-state index contributed by atoms with van der Waals surface area (Å²) >= 11 is 0. The molecule has 0 heterocycles. The molecular formula is C10H13KO2. The molecule has 0 aliphatic heterocycles. The van der Waals surface area contributed by atoms with Gasteiger partial charge in [-0.25, -0.2) is 0 Å². The molecule has 13 heavy (non-hydrogen) atoms. The summed E-state index contributed by atoms with van der Waals surface area (Å²) in [6.45, 7) is 2.85. The number of rotatable bonds is 4. The fraction of sp³-hybridized carbons (Fsp3) is 0.400. The van der Waals surface area contributed by atoms with Gasteiger partial charge in [0.25, 0.3) is 0 Å². The van der Waals surface area contributed by atoms with E-state index in [0.29, 0.717) is 0 Å². The van der Waals surface area contributed by atoms with Crippen LogP contribution in [0.2, 0.25) is 0 Å². The third-order valence-corrected chi connectivity index (χ3v) is 1.59. The Labute approximate surface area is 122 Å². The van der Waals surface area contributed by atoms with Crippen molar-refractivity contribution < 1.29 is 61.2 Å². The second kappa shape index (κ2) is 7.82. The van der Waals surface area contributed by atoms with Gasteiger partial charge in [0.05, 0.1) is 6.61 Å². The van der Waals surface area contributed by atoms with Crippen molar-refractivity contribution in [3.8, 4) is 11.5 Å². The number of hydrogen-bond acceptors (Lipinski definition) is 2. The molecule has 0 saturated carbocycles. The summed E-state index contributed by atoms with van der Waals surface area (Å²) in [5, 5.41) is 10.7. The molecule has 0 N–H and O–H groups in total. The van der Waals surface area contributed by atoms with Crippen LogP contribution < -0.4 is 61.2 Å². The van der Waals surface area contributed by atoms with E-state index in [1.807, 2.05) is 0 Å². The average molecular weight is 204 g/mol.